The number of hydrazine groups is 1. The summed E-state index contributed by atoms with van der Waals surface area (Å²) in [6.45, 7) is 1.56. The topological polar surface area (TPSA) is 15.3 Å². The Morgan fingerprint density at radius 3 is 2.39 bits per heavy atom. The Bertz CT molecular complexity index is 414. The van der Waals surface area contributed by atoms with Gasteiger partial charge in [0.2, 0.25) is 0 Å². The summed E-state index contributed by atoms with van der Waals surface area (Å²) < 4.78 is 39.2. The number of hydrogen-bond donors (Lipinski definition) is 1. The molecule has 1 aliphatic rings. The van der Waals surface area contributed by atoms with E-state index in [1.807, 2.05) is 5.01 Å². The van der Waals surface area contributed by atoms with Gasteiger partial charge in [-0.3, -0.25) is 0 Å². The fourth-order valence-electron chi connectivity index (χ4n) is 2.03. The van der Waals surface area contributed by atoms with E-state index in [9.17, 15) is 13.2 Å². The third-order valence-electron chi connectivity index (χ3n) is 2.92. The van der Waals surface area contributed by atoms with E-state index in [1.54, 1.807) is 0 Å². The Morgan fingerprint density at radius 1 is 1.11 bits per heavy atom. The second-order valence-electron chi connectivity index (χ2n) is 4.35. The van der Waals surface area contributed by atoms with E-state index in [4.69, 9.17) is 0 Å². The van der Waals surface area contributed by atoms with Crippen LogP contribution in [0.2, 0.25) is 0 Å². The van der Waals surface area contributed by atoms with Crippen LogP contribution in [0.5, 0.6) is 0 Å². The van der Waals surface area contributed by atoms with E-state index in [0.29, 0.717) is 4.47 Å². The second-order valence-corrected chi connectivity index (χ2v) is 5.26. The first-order chi connectivity index (χ1) is 8.47. The zero-order chi connectivity index (χ0) is 13.2. The molecule has 1 aromatic rings. The summed E-state index contributed by atoms with van der Waals surface area (Å²) in [7, 11) is 0. The van der Waals surface area contributed by atoms with E-state index >= 15 is 0 Å². The van der Waals surface area contributed by atoms with Crippen LogP contribution < -0.4 is 5.43 Å². The number of nitrogens with zero attached hydrogens (tertiary/aromatic N) is 1. The van der Waals surface area contributed by atoms with Gasteiger partial charge < -0.3 is 5.43 Å². The highest BCUT2D eigenvalue weighted by atomic mass is 79.9. The average Bonchev–Trinajstić information content (AvgIpc) is 2.28. The largest absolute Gasteiger partial charge is 0.418 e. The number of nitrogens with one attached hydrogen (secondary N) is 1. The number of rotatable bonds is 2. The summed E-state index contributed by atoms with van der Waals surface area (Å²) in [5.41, 5.74) is 2.36. The van der Waals surface area contributed by atoms with Gasteiger partial charge in [-0.05, 0) is 31.0 Å². The van der Waals surface area contributed by atoms with Gasteiger partial charge in [-0.2, -0.15) is 13.2 Å². The first-order valence-corrected chi connectivity index (χ1v) is 6.64. The molecule has 0 amide bonds. The van der Waals surface area contributed by atoms with Crippen LogP contribution in [0.4, 0.5) is 18.9 Å². The minimum Gasteiger partial charge on any atom is -0.318 e. The molecule has 1 aliphatic heterocycles. The molecule has 0 aliphatic carbocycles. The van der Waals surface area contributed by atoms with Crippen LogP contribution in [0, 0.1) is 0 Å². The molecule has 1 saturated heterocycles. The molecule has 1 aromatic carbocycles. The molecule has 0 aromatic heterocycles. The SMILES string of the molecule is FC(F)(F)c1ccc(Br)cc1NN1CCCCC1. The number of piperidine rings is 1. The molecule has 2 rings (SSSR count). The van der Waals surface area contributed by atoms with Crippen molar-refractivity contribution in [1.29, 1.82) is 0 Å². The molecule has 0 bridgehead atoms. The molecule has 0 radical (unpaired) electrons. The molecular weight excluding hydrogens is 309 g/mol. The van der Waals surface area contributed by atoms with Gasteiger partial charge in [0, 0.05) is 17.6 Å². The highest BCUT2D eigenvalue weighted by Crippen LogP contribution is 2.36. The fraction of sp³-hybridized carbons (Fsp3) is 0.500. The molecule has 100 valence electrons. The highest BCUT2D eigenvalue weighted by molar-refractivity contribution is 9.10. The average molecular weight is 323 g/mol. The lowest BCUT2D eigenvalue weighted by Crippen LogP contribution is -2.35. The van der Waals surface area contributed by atoms with Crippen LogP contribution in [0.1, 0.15) is 24.8 Å². The van der Waals surface area contributed by atoms with Gasteiger partial charge in [-0.1, -0.05) is 22.4 Å². The summed E-state index contributed by atoms with van der Waals surface area (Å²) in [4.78, 5) is 0. The maximum absolute atomic E-state index is 12.9. The lowest BCUT2D eigenvalue weighted by molar-refractivity contribution is -0.137. The van der Waals surface area contributed by atoms with Gasteiger partial charge in [0.05, 0.1) is 11.3 Å². The van der Waals surface area contributed by atoms with Gasteiger partial charge in [-0.25, -0.2) is 5.01 Å². The smallest absolute Gasteiger partial charge is 0.318 e. The summed E-state index contributed by atoms with van der Waals surface area (Å²) in [6.07, 6.45) is -1.16. The Kier molecular flexibility index (Phi) is 4.17. The summed E-state index contributed by atoms with van der Waals surface area (Å²) in [6, 6.07) is 3.97. The Labute approximate surface area is 112 Å². The lowest BCUT2D eigenvalue weighted by atomic mass is 10.1. The van der Waals surface area contributed by atoms with Gasteiger partial charge >= 0.3 is 6.18 Å². The number of anilines is 1. The van der Waals surface area contributed by atoms with Crippen LogP contribution >= 0.6 is 15.9 Å². The molecule has 1 N–H and O–H groups in total. The summed E-state index contributed by atoms with van der Waals surface area (Å²) >= 11 is 3.20. The molecule has 0 spiro atoms. The van der Waals surface area contributed by atoms with Crippen LogP contribution in [-0.4, -0.2) is 18.1 Å². The first kappa shape index (κ1) is 13.7. The maximum Gasteiger partial charge on any atom is 0.418 e. The van der Waals surface area contributed by atoms with Crippen LogP contribution in [0.3, 0.4) is 0 Å². The van der Waals surface area contributed by atoms with Crippen molar-refractivity contribution in [3.05, 3.63) is 28.2 Å². The summed E-state index contributed by atoms with van der Waals surface area (Å²) in [5.74, 6) is 0. The van der Waals surface area contributed by atoms with Crippen molar-refractivity contribution in [2.75, 3.05) is 18.5 Å². The standard InChI is InChI=1S/C12H14BrF3N2/c13-9-4-5-10(12(14,15)16)11(8-9)17-18-6-2-1-3-7-18/h4-5,8,17H,1-3,6-7H2. The molecule has 0 saturated carbocycles. The zero-order valence-electron chi connectivity index (χ0n) is 9.73. The predicted octanol–water partition coefficient (Wildman–Crippen LogP) is 4.28. The minimum atomic E-state index is -4.33. The van der Waals surface area contributed by atoms with Gasteiger partial charge in [0.25, 0.3) is 0 Å². The van der Waals surface area contributed by atoms with Crippen molar-refractivity contribution < 1.29 is 13.2 Å². The number of alkyl halides is 3. The van der Waals surface area contributed by atoms with Crippen LogP contribution in [0.25, 0.3) is 0 Å². The highest BCUT2D eigenvalue weighted by Gasteiger charge is 2.34. The quantitative estimate of drug-likeness (QED) is 0.874. The molecule has 0 unspecified atom stereocenters. The maximum atomic E-state index is 12.9. The first-order valence-electron chi connectivity index (χ1n) is 5.85. The molecule has 1 fully saturated rings. The third kappa shape index (κ3) is 3.38. The lowest BCUT2D eigenvalue weighted by Gasteiger charge is -2.29. The van der Waals surface area contributed by atoms with Crippen LogP contribution in [-0.2, 0) is 6.18 Å². The van der Waals surface area contributed by atoms with Crippen molar-refractivity contribution in [1.82, 2.24) is 5.01 Å². The fourth-order valence-corrected chi connectivity index (χ4v) is 2.39. The van der Waals surface area contributed by atoms with E-state index in [2.05, 4.69) is 21.4 Å². The van der Waals surface area contributed by atoms with Crippen molar-refractivity contribution in [2.24, 2.45) is 0 Å². The minimum absolute atomic E-state index is 0.110. The Balaban J connectivity index is 2.21. The van der Waals surface area contributed by atoms with Gasteiger partial charge in [-0.15, -0.1) is 0 Å². The third-order valence-corrected chi connectivity index (χ3v) is 3.41. The zero-order valence-corrected chi connectivity index (χ0v) is 11.3. The molecule has 2 nitrogen and oxygen atoms in total. The Morgan fingerprint density at radius 2 is 1.78 bits per heavy atom. The van der Waals surface area contributed by atoms with Crippen LogP contribution in [0.15, 0.2) is 22.7 Å². The second kappa shape index (κ2) is 5.48. The molecule has 18 heavy (non-hydrogen) atoms. The van der Waals surface area contributed by atoms with E-state index in [0.717, 1.165) is 38.4 Å². The number of hydrogen-bond acceptors (Lipinski definition) is 2. The summed E-state index contributed by atoms with van der Waals surface area (Å²) in [5, 5.41) is 1.85. The van der Waals surface area contributed by atoms with Crippen molar-refractivity contribution in [3.8, 4) is 0 Å². The van der Waals surface area contributed by atoms with Crippen molar-refractivity contribution in [3.63, 3.8) is 0 Å². The van der Waals surface area contributed by atoms with Crippen molar-refractivity contribution >= 4 is 21.6 Å². The molecule has 6 heteroatoms. The number of halogens is 4. The van der Waals surface area contributed by atoms with Gasteiger partial charge in [0.1, 0.15) is 0 Å². The van der Waals surface area contributed by atoms with E-state index < -0.39 is 11.7 Å². The monoisotopic (exact) mass is 322 g/mol. The van der Waals surface area contributed by atoms with E-state index in [-0.39, 0.29) is 5.69 Å². The Hall–Kier alpha value is -0.750. The molecular formula is C12H14BrF3N2. The van der Waals surface area contributed by atoms with E-state index in [1.165, 1.54) is 12.1 Å². The predicted molar refractivity (Wildman–Crippen MR) is 68.2 cm³/mol. The number of benzene rings is 1. The molecule has 1 heterocycles. The van der Waals surface area contributed by atoms with Crippen molar-refractivity contribution in [2.45, 2.75) is 25.4 Å². The normalized spacial score (nSPS) is 17.8. The molecule has 0 atom stereocenters. The van der Waals surface area contributed by atoms with Gasteiger partial charge in [0.15, 0.2) is 0 Å².